The van der Waals surface area contributed by atoms with E-state index in [0.29, 0.717) is 6.42 Å². The number of aryl methyl sites for hydroxylation is 1. The van der Waals surface area contributed by atoms with Crippen molar-refractivity contribution >= 4 is 5.78 Å². The van der Waals surface area contributed by atoms with E-state index in [1.54, 1.807) is 0 Å². The van der Waals surface area contributed by atoms with Gasteiger partial charge >= 0.3 is 0 Å². The van der Waals surface area contributed by atoms with E-state index in [-0.39, 0.29) is 5.78 Å². The van der Waals surface area contributed by atoms with Crippen LogP contribution >= 0.6 is 0 Å². The van der Waals surface area contributed by atoms with E-state index in [1.807, 2.05) is 19.1 Å². The molecule has 0 atom stereocenters. The molecule has 0 unspecified atom stereocenters. The standard InChI is InChI=1S/C18H20O/c1-3-7-18(19)16-12-10-15(11-13-16)17-9-6-5-8-14(17)4-2/h5-6,8-13H,3-4,7H2,1-2H3. The van der Waals surface area contributed by atoms with Gasteiger partial charge in [0.05, 0.1) is 0 Å². The molecule has 2 aromatic carbocycles. The second kappa shape index (κ2) is 6.33. The minimum Gasteiger partial charge on any atom is -0.294 e. The molecule has 0 saturated carbocycles. The Kier molecular flexibility index (Phi) is 4.51. The third-order valence-corrected chi connectivity index (χ3v) is 3.39. The van der Waals surface area contributed by atoms with Crippen LogP contribution in [-0.4, -0.2) is 5.78 Å². The SMILES string of the molecule is CCCC(=O)c1ccc(-c2ccccc2CC)cc1. The summed E-state index contributed by atoms with van der Waals surface area (Å²) in [6.07, 6.45) is 2.55. The summed E-state index contributed by atoms with van der Waals surface area (Å²) in [4.78, 5) is 11.8. The summed E-state index contributed by atoms with van der Waals surface area (Å²) in [5, 5.41) is 0. The molecule has 0 amide bonds. The maximum absolute atomic E-state index is 11.8. The van der Waals surface area contributed by atoms with Crippen LogP contribution in [-0.2, 0) is 6.42 Å². The summed E-state index contributed by atoms with van der Waals surface area (Å²) in [6.45, 7) is 4.20. The molecule has 0 saturated heterocycles. The van der Waals surface area contributed by atoms with Gasteiger partial charge in [-0.25, -0.2) is 0 Å². The number of hydrogen-bond acceptors (Lipinski definition) is 1. The lowest BCUT2D eigenvalue weighted by molar-refractivity contribution is 0.0982. The zero-order chi connectivity index (χ0) is 13.7. The van der Waals surface area contributed by atoms with Crippen LogP contribution in [0.3, 0.4) is 0 Å². The maximum Gasteiger partial charge on any atom is 0.162 e. The van der Waals surface area contributed by atoms with Crippen molar-refractivity contribution in [1.82, 2.24) is 0 Å². The van der Waals surface area contributed by atoms with Crippen molar-refractivity contribution < 1.29 is 4.79 Å². The topological polar surface area (TPSA) is 17.1 Å². The molecule has 98 valence electrons. The number of benzene rings is 2. The summed E-state index contributed by atoms with van der Waals surface area (Å²) in [5.74, 6) is 0.234. The quantitative estimate of drug-likeness (QED) is 0.692. The molecule has 1 nitrogen and oxygen atoms in total. The fraction of sp³-hybridized carbons (Fsp3) is 0.278. The summed E-state index contributed by atoms with van der Waals surface area (Å²) < 4.78 is 0. The van der Waals surface area contributed by atoms with E-state index in [0.717, 1.165) is 18.4 Å². The predicted octanol–water partition coefficient (Wildman–Crippen LogP) is 4.90. The smallest absolute Gasteiger partial charge is 0.162 e. The van der Waals surface area contributed by atoms with Gasteiger partial charge in [-0.2, -0.15) is 0 Å². The molecule has 2 aromatic rings. The van der Waals surface area contributed by atoms with Gasteiger partial charge in [0.1, 0.15) is 0 Å². The van der Waals surface area contributed by atoms with Gasteiger partial charge in [-0.3, -0.25) is 4.79 Å². The predicted molar refractivity (Wildman–Crippen MR) is 80.5 cm³/mol. The second-order valence-electron chi connectivity index (χ2n) is 4.76. The first-order chi connectivity index (χ1) is 9.26. The highest BCUT2D eigenvalue weighted by atomic mass is 16.1. The zero-order valence-electron chi connectivity index (χ0n) is 11.6. The number of ketones is 1. The van der Waals surface area contributed by atoms with Gasteiger partial charge in [0.2, 0.25) is 0 Å². The van der Waals surface area contributed by atoms with E-state index < -0.39 is 0 Å². The van der Waals surface area contributed by atoms with Crippen molar-refractivity contribution in [3.63, 3.8) is 0 Å². The highest BCUT2D eigenvalue weighted by molar-refractivity contribution is 5.96. The molecule has 0 spiro atoms. The van der Waals surface area contributed by atoms with Crippen molar-refractivity contribution in [2.24, 2.45) is 0 Å². The van der Waals surface area contributed by atoms with Crippen LogP contribution in [0.25, 0.3) is 11.1 Å². The van der Waals surface area contributed by atoms with E-state index in [4.69, 9.17) is 0 Å². The number of hydrogen-bond donors (Lipinski definition) is 0. The van der Waals surface area contributed by atoms with Gasteiger partial charge in [0.15, 0.2) is 5.78 Å². The number of rotatable bonds is 5. The third-order valence-electron chi connectivity index (χ3n) is 3.39. The minimum absolute atomic E-state index is 0.234. The lowest BCUT2D eigenvalue weighted by Gasteiger charge is -2.08. The zero-order valence-corrected chi connectivity index (χ0v) is 11.6. The van der Waals surface area contributed by atoms with E-state index >= 15 is 0 Å². The molecule has 0 radical (unpaired) electrons. The number of carbonyl (C=O) groups excluding carboxylic acids is 1. The van der Waals surface area contributed by atoms with Crippen molar-refractivity contribution in [1.29, 1.82) is 0 Å². The Hall–Kier alpha value is -1.89. The first-order valence-corrected chi connectivity index (χ1v) is 6.97. The Morgan fingerprint density at radius 3 is 2.26 bits per heavy atom. The Morgan fingerprint density at radius 2 is 1.63 bits per heavy atom. The van der Waals surface area contributed by atoms with Crippen LogP contribution in [0.1, 0.15) is 42.6 Å². The molecule has 0 N–H and O–H groups in total. The fourth-order valence-corrected chi connectivity index (χ4v) is 2.32. The number of carbonyl (C=O) groups is 1. The monoisotopic (exact) mass is 252 g/mol. The first-order valence-electron chi connectivity index (χ1n) is 6.97. The van der Waals surface area contributed by atoms with Crippen molar-refractivity contribution in [3.05, 3.63) is 59.7 Å². The molecule has 0 heterocycles. The van der Waals surface area contributed by atoms with Gasteiger partial charge in [0.25, 0.3) is 0 Å². The molecule has 0 aromatic heterocycles. The molecular weight excluding hydrogens is 232 g/mol. The van der Waals surface area contributed by atoms with Crippen LogP contribution in [0, 0.1) is 0 Å². The Bertz CT molecular complexity index is 552. The molecule has 2 rings (SSSR count). The summed E-state index contributed by atoms with van der Waals surface area (Å²) in [6, 6.07) is 16.4. The van der Waals surface area contributed by atoms with Crippen LogP contribution < -0.4 is 0 Å². The lowest BCUT2D eigenvalue weighted by Crippen LogP contribution is -1.97. The number of Topliss-reactive ketones (excluding diaryl/α,β-unsaturated/α-hetero) is 1. The average Bonchev–Trinajstić information content (AvgIpc) is 2.47. The van der Waals surface area contributed by atoms with Crippen molar-refractivity contribution in [2.75, 3.05) is 0 Å². The third kappa shape index (κ3) is 3.11. The molecule has 0 aliphatic heterocycles. The fourth-order valence-electron chi connectivity index (χ4n) is 2.32. The average molecular weight is 252 g/mol. The molecule has 0 aliphatic carbocycles. The molecular formula is C18H20O. The van der Waals surface area contributed by atoms with Crippen LogP contribution in [0.2, 0.25) is 0 Å². The van der Waals surface area contributed by atoms with Crippen molar-refractivity contribution in [3.8, 4) is 11.1 Å². The van der Waals surface area contributed by atoms with Gasteiger partial charge in [-0.15, -0.1) is 0 Å². The van der Waals surface area contributed by atoms with Crippen LogP contribution in [0.5, 0.6) is 0 Å². The normalized spacial score (nSPS) is 10.4. The minimum atomic E-state index is 0.234. The summed E-state index contributed by atoms with van der Waals surface area (Å²) in [5.41, 5.74) is 4.61. The molecule has 0 aliphatic rings. The van der Waals surface area contributed by atoms with Crippen LogP contribution in [0.4, 0.5) is 0 Å². The van der Waals surface area contributed by atoms with Gasteiger partial charge in [-0.05, 0) is 29.5 Å². The van der Waals surface area contributed by atoms with E-state index in [9.17, 15) is 4.79 Å². The highest BCUT2D eigenvalue weighted by Crippen LogP contribution is 2.24. The molecule has 1 heteroatoms. The Balaban J connectivity index is 2.30. The van der Waals surface area contributed by atoms with E-state index in [2.05, 4.69) is 43.3 Å². The lowest BCUT2D eigenvalue weighted by atomic mass is 9.96. The largest absolute Gasteiger partial charge is 0.294 e. The van der Waals surface area contributed by atoms with Crippen molar-refractivity contribution in [2.45, 2.75) is 33.1 Å². The Morgan fingerprint density at radius 1 is 0.947 bits per heavy atom. The summed E-state index contributed by atoms with van der Waals surface area (Å²) in [7, 11) is 0. The molecule has 19 heavy (non-hydrogen) atoms. The van der Waals surface area contributed by atoms with E-state index in [1.165, 1.54) is 16.7 Å². The molecule has 0 fully saturated rings. The first kappa shape index (κ1) is 13.5. The highest BCUT2D eigenvalue weighted by Gasteiger charge is 2.06. The van der Waals surface area contributed by atoms with Gasteiger partial charge < -0.3 is 0 Å². The van der Waals surface area contributed by atoms with Gasteiger partial charge in [0, 0.05) is 12.0 Å². The summed E-state index contributed by atoms with van der Waals surface area (Å²) >= 11 is 0. The maximum atomic E-state index is 11.8. The van der Waals surface area contributed by atoms with Gasteiger partial charge in [-0.1, -0.05) is 62.4 Å². The van der Waals surface area contributed by atoms with Crippen LogP contribution in [0.15, 0.2) is 48.5 Å². The second-order valence-corrected chi connectivity index (χ2v) is 4.76. The molecule has 0 bridgehead atoms. The Labute approximate surface area is 115 Å².